The Labute approximate surface area is 209 Å². The zero-order chi connectivity index (χ0) is 24.7. The topological polar surface area (TPSA) is 0 Å². The fourth-order valence-corrected chi connectivity index (χ4v) is 5.07. The molecule has 0 saturated heterocycles. The van der Waals surface area contributed by atoms with Crippen LogP contribution in [0.1, 0.15) is 89.3 Å². The van der Waals surface area contributed by atoms with Crippen molar-refractivity contribution in [2.24, 2.45) is 11.8 Å². The van der Waals surface area contributed by atoms with Crippen molar-refractivity contribution >= 4 is 5.57 Å². The van der Waals surface area contributed by atoms with Crippen molar-refractivity contribution in [3.8, 4) is 0 Å². The van der Waals surface area contributed by atoms with E-state index in [-0.39, 0.29) is 0 Å². The van der Waals surface area contributed by atoms with Crippen LogP contribution in [0.3, 0.4) is 0 Å². The maximum Gasteiger partial charge on any atom is -0.000142 e. The Morgan fingerprint density at radius 2 is 1.91 bits per heavy atom. The minimum absolute atomic E-state index is 0.298. The molecule has 3 unspecified atom stereocenters. The van der Waals surface area contributed by atoms with Gasteiger partial charge in [0.25, 0.3) is 0 Å². The number of allylic oxidation sites excluding steroid dienone is 12. The van der Waals surface area contributed by atoms with Gasteiger partial charge >= 0.3 is 0 Å². The van der Waals surface area contributed by atoms with Crippen LogP contribution in [0, 0.1) is 11.8 Å². The predicted octanol–water partition coefficient (Wildman–Crippen LogP) is 10.1. The second-order valence-corrected chi connectivity index (χ2v) is 10.3. The Kier molecular flexibility index (Phi) is 9.34. The minimum Gasteiger partial charge on any atom is -0.102 e. The number of benzene rings is 1. The predicted molar refractivity (Wildman–Crippen MR) is 152 cm³/mol. The average molecular weight is 453 g/mol. The molecular formula is C34H44. The molecule has 0 spiro atoms. The molecule has 0 heteroatoms. The standard InChI is InChI=1S/C34H44/c1-8-13-30(20-24(4)9-2)31-17-11-14-26(6)32-19-18-29(22-28-15-12-16-28)23-34(32)33(21-27(31)7)25(5)10-3/h8,10,13,15,17-21,23,25-27H,1,3,9,11-12,14,16,22H2,2,4-7H3. The van der Waals surface area contributed by atoms with E-state index in [4.69, 9.17) is 0 Å². The van der Waals surface area contributed by atoms with Gasteiger partial charge in [0.15, 0.2) is 0 Å². The monoisotopic (exact) mass is 452 g/mol. The first-order valence-electron chi connectivity index (χ1n) is 13.2. The third kappa shape index (κ3) is 6.29. The van der Waals surface area contributed by atoms with Gasteiger partial charge < -0.3 is 0 Å². The molecule has 180 valence electrons. The van der Waals surface area contributed by atoms with E-state index in [1.165, 1.54) is 51.8 Å². The van der Waals surface area contributed by atoms with Crippen LogP contribution in [0.4, 0.5) is 0 Å². The normalized spacial score (nSPS) is 22.4. The molecular weight excluding hydrogens is 408 g/mol. The Morgan fingerprint density at radius 1 is 1.15 bits per heavy atom. The van der Waals surface area contributed by atoms with Crippen LogP contribution >= 0.6 is 0 Å². The Morgan fingerprint density at radius 3 is 2.53 bits per heavy atom. The van der Waals surface area contributed by atoms with Crippen molar-refractivity contribution in [3.63, 3.8) is 0 Å². The molecule has 0 saturated carbocycles. The van der Waals surface area contributed by atoms with Gasteiger partial charge in [-0.1, -0.05) is 106 Å². The molecule has 0 nitrogen and oxygen atoms in total. The van der Waals surface area contributed by atoms with Crippen LogP contribution < -0.4 is 0 Å². The lowest BCUT2D eigenvalue weighted by Crippen LogP contribution is -2.09. The van der Waals surface area contributed by atoms with Crippen molar-refractivity contribution in [2.45, 2.75) is 79.1 Å². The Balaban J connectivity index is 2.15. The second-order valence-electron chi connectivity index (χ2n) is 10.3. The molecule has 0 fully saturated rings. The van der Waals surface area contributed by atoms with Gasteiger partial charge in [-0.3, -0.25) is 0 Å². The third-order valence-corrected chi connectivity index (χ3v) is 7.61. The van der Waals surface area contributed by atoms with Crippen molar-refractivity contribution in [1.82, 2.24) is 0 Å². The Bertz CT molecular complexity index is 1050. The first-order valence-corrected chi connectivity index (χ1v) is 13.2. The first kappa shape index (κ1) is 26.0. The maximum absolute atomic E-state index is 4.18. The maximum atomic E-state index is 4.18. The molecule has 0 aliphatic heterocycles. The molecule has 34 heavy (non-hydrogen) atoms. The fraction of sp³-hybridized carbons (Fsp3) is 0.412. The number of hydrogen-bond donors (Lipinski definition) is 0. The zero-order valence-electron chi connectivity index (χ0n) is 22.2. The van der Waals surface area contributed by atoms with E-state index in [0.717, 1.165) is 25.7 Å². The smallest absolute Gasteiger partial charge is 0.000142 e. The van der Waals surface area contributed by atoms with Gasteiger partial charge in [0, 0.05) is 0 Å². The summed E-state index contributed by atoms with van der Waals surface area (Å²) in [4.78, 5) is 0. The molecule has 2 aliphatic rings. The summed E-state index contributed by atoms with van der Waals surface area (Å²) in [5, 5.41) is 0. The van der Waals surface area contributed by atoms with E-state index in [0.29, 0.717) is 17.8 Å². The SMILES string of the molecule is C=CC=C(C=C(C)CC)C1=CCCC(C)c2ccc(CC3=CCC3)cc2C(C(C)C=C)=CC1C. The molecule has 2 aliphatic carbocycles. The van der Waals surface area contributed by atoms with E-state index in [1.54, 1.807) is 5.57 Å². The summed E-state index contributed by atoms with van der Waals surface area (Å²) in [6.07, 6.45) is 22.8. The van der Waals surface area contributed by atoms with E-state index in [1.807, 2.05) is 6.08 Å². The minimum atomic E-state index is 0.298. The van der Waals surface area contributed by atoms with Gasteiger partial charge in [-0.15, -0.1) is 6.58 Å². The van der Waals surface area contributed by atoms with Crippen LogP contribution in [0.2, 0.25) is 0 Å². The summed E-state index contributed by atoms with van der Waals surface area (Å²) in [5.74, 6) is 1.12. The lowest BCUT2D eigenvalue weighted by atomic mass is 9.79. The number of rotatable bonds is 8. The van der Waals surface area contributed by atoms with Gasteiger partial charge in [0.05, 0.1) is 0 Å². The Hall–Kier alpha value is -2.60. The van der Waals surface area contributed by atoms with Gasteiger partial charge in [0.1, 0.15) is 0 Å². The number of hydrogen-bond acceptors (Lipinski definition) is 0. The summed E-state index contributed by atoms with van der Waals surface area (Å²) >= 11 is 0. The van der Waals surface area contributed by atoms with Gasteiger partial charge in [-0.2, -0.15) is 0 Å². The summed E-state index contributed by atoms with van der Waals surface area (Å²) in [7, 11) is 0. The molecule has 3 rings (SSSR count). The highest BCUT2D eigenvalue weighted by Crippen LogP contribution is 2.38. The summed E-state index contributed by atoms with van der Waals surface area (Å²) < 4.78 is 0. The second kappa shape index (κ2) is 12.2. The highest BCUT2D eigenvalue weighted by atomic mass is 14.3. The quantitative estimate of drug-likeness (QED) is 0.272. The van der Waals surface area contributed by atoms with Crippen LogP contribution in [0.25, 0.3) is 5.57 Å². The van der Waals surface area contributed by atoms with Crippen molar-refractivity contribution in [2.75, 3.05) is 0 Å². The van der Waals surface area contributed by atoms with Crippen molar-refractivity contribution in [3.05, 3.63) is 113 Å². The summed E-state index contributed by atoms with van der Waals surface area (Å²) in [5.41, 5.74) is 11.5. The molecule has 0 aromatic heterocycles. The fourth-order valence-electron chi connectivity index (χ4n) is 5.07. The molecule has 0 radical (unpaired) electrons. The lowest BCUT2D eigenvalue weighted by molar-refractivity contribution is 0.679. The van der Waals surface area contributed by atoms with E-state index in [9.17, 15) is 0 Å². The lowest BCUT2D eigenvalue weighted by Gasteiger charge is -2.26. The van der Waals surface area contributed by atoms with Gasteiger partial charge in [-0.25, -0.2) is 0 Å². The first-order chi connectivity index (χ1) is 16.4. The average Bonchev–Trinajstić information content (AvgIpc) is 2.81. The summed E-state index contributed by atoms with van der Waals surface area (Å²) in [6, 6.07) is 7.26. The molecule has 0 heterocycles. The number of fused-ring (bicyclic) bond motifs is 1. The molecule has 0 N–H and O–H groups in total. The van der Waals surface area contributed by atoms with Crippen LogP contribution in [0.5, 0.6) is 0 Å². The molecule has 1 aromatic carbocycles. The van der Waals surface area contributed by atoms with E-state index in [2.05, 4.69) is 102 Å². The highest BCUT2D eigenvalue weighted by Gasteiger charge is 2.21. The van der Waals surface area contributed by atoms with E-state index < -0.39 is 0 Å². The van der Waals surface area contributed by atoms with Crippen LogP contribution in [0.15, 0.2) is 96.2 Å². The summed E-state index contributed by atoms with van der Waals surface area (Å²) in [6.45, 7) is 19.7. The highest BCUT2D eigenvalue weighted by molar-refractivity contribution is 5.73. The largest absolute Gasteiger partial charge is 0.102 e. The molecule has 1 aromatic rings. The molecule has 3 atom stereocenters. The van der Waals surface area contributed by atoms with Gasteiger partial charge in [-0.05, 0) is 96.6 Å². The van der Waals surface area contributed by atoms with E-state index >= 15 is 0 Å². The third-order valence-electron chi connectivity index (χ3n) is 7.61. The van der Waals surface area contributed by atoms with Crippen molar-refractivity contribution in [1.29, 1.82) is 0 Å². The zero-order valence-corrected chi connectivity index (χ0v) is 22.2. The van der Waals surface area contributed by atoms with Crippen molar-refractivity contribution < 1.29 is 0 Å². The van der Waals surface area contributed by atoms with Crippen LogP contribution in [-0.4, -0.2) is 0 Å². The van der Waals surface area contributed by atoms with Crippen LogP contribution in [-0.2, 0) is 6.42 Å². The molecule has 0 amide bonds. The van der Waals surface area contributed by atoms with Gasteiger partial charge in [0.2, 0.25) is 0 Å². The molecule has 0 bridgehead atoms.